The van der Waals surface area contributed by atoms with Crippen molar-refractivity contribution in [3.63, 3.8) is 0 Å². The Morgan fingerprint density at radius 3 is 2.39 bits per heavy atom. The van der Waals surface area contributed by atoms with Gasteiger partial charge in [-0.1, -0.05) is 30.3 Å². The molecule has 128 valence electrons. The van der Waals surface area contributed by atoms with Crippen molar-refractivity contribution in [3.05, 3.63) is 35.9 Å². The number of hydrogen-bond donors (Lipinski definition) is 2. The number of guanidine groups is 1. The second-order valence-electron chi connectivity index (χ2n) is 6.06. The van der Waals surface area contributed by atoms with Crippen LogP contribution in [0.3, 0.4) is 0 Å². The van der Waals surface area contributed by atoms with Gasteiger partial charge in [0.05, 0.1) is 0 Å². The van der Waals surface area contributed by atoms with Gasteiger partial charge in [0, 0.05) is 53.4 Å². The van der Waals surface area contributed by atoms with Crippen molar-refractivity contribution >= 4 is 5.96 Å². The minimum absolute atomic E-state index is 0.875. The summed E-state index contributed by atoms with van der Waals surface area (Å²) in [7, 11) is 3.69. The van der Waals surface area contributed by atoms with Gasteiger partial charge in [0.25, 0.3) is 0 Å². The van der Waals surface area contributed by atoms with E-state index >= 15 is 0 Å². The minimum atomic E-state index is 0.875. The van der Waals surface area contributed by atoms with Gasteiger partial charge < -0.3 is 15.5 Å². The van der Waals surface area contributed by atoms with Crippen LogP contribution in [0.25, 0.3) is 0 Å². The first-order chi connectivity index (χ1) is 11.3. The normalized spacial score (nSPS) is 17.2. The number of rotatable bonds is 7. The standard InChI is InChI=1S/C18H31N5/c1-19-18(20-2)21-10-6-7-11-22-12-14-23(15-13-22)16-17-8-4-3-5-9-17/h3-5,8-9H,6-7,10-16H2,1-2H3,(H2,19,20,21). The fourth-order valence-corrected chi connectivity index (χ4v) is 2.96. The highest BCUT2D eigenvalue weighted by molar-refractivity contribution is 5.79. The highest BCUT2D eigenvalue weighted by Crippen LogP contribution is 2.08. The van der Waals surface area contributed by atoms with Crippen LogP contribution in [-0.2, 0) is 6.54 Å². The maximum absolute atomic E-state index is 4.12. The molecule has 1 aromatic rings. The van der Waals surface area contributed by atoms with Gasteiger partial charge in [0.1, 0.15) is 0 Å². The maximum atomic E-state index is 4.12. The summed E-state index contributed by atoms with van der Waals surface area (Å²) in [6.07, 6.45) is 2.43. The Hall–Kier alpha value is -1.59. The molecule has 2 N–H and O–H groups in total. The average molecular weight is 317 g/mol. The molecular formula is C18H31N5. The molecule has 1 heterocycles. The number of unbranched alkanes of at least 4 members (excludes halogenated alkanes) is 1. The fourth-order valence-electron chi connectivity index (χ4n) is 2.96. The van der Waals surface area contributed by atoms with E-state index in [9.17, 15) is 0 Å². The van der Waals surface area contributed by atoms with E-state index in [1.807, 2.05) is 7.05 Å². The van der Waals surface area contributed by atoms with Crippen molar-refractivity contribution in [2.45, 2.75) is 19.4 Å². The minimum Gasteiger partial charge on any atom is -0.359 e. The molecule has 0 atom stereocenters. The molecular weight excluding hydrogens is 286 g/mol. The second-order valence-corrected chi connectivity index (χ2v) is 6.06. The lowest BCUT2D eigenvalue weighted by molar-refractivity contribution is 0.126. The van der Waals surface area contributed by atoms with E-state index in [-0.39, 0.29) is 0 Å². The number of piperazine rings is 1. The molecule has 2 rings (SSSR count). The number of nitrogens with one attached hydrogen (secondary N) is 2. The number of nitrogens with zero attached hydrogens (tertiary/aromatic N) is 3. The van der Waals surface area contributed by atoms with Gasteiger partial charge in [-0.05, 0) is 24.9 Å². The Morgan fingerprint density at radius 2 is 1.74 bits per heavy atom. The van der Waals surface area contributed by atoms with Crippen molar-refractivity contribution < 1.29 is 0 Å². The summed E-state index contributed by atoms with van der Waals surface area (Å²) in [4.78, 5) is 9.27. The van der Waals surface area contributed by atoms with Crippen LogP contribution in [0.5, 0.6) is 0 Å². The third-order valence-corrected chi connectivity index (χ3v) is 4.37. The van der Waals surface area contributed by atoms with Gasteiger partial charge >= 0.3 is 0 Å². The van der Waals surface area contributed by atoms with E-state index in [0.717, 1.165) is 19.0 Å². The van der Waals surface area contributed by atoms with Crippen molar-refractivity contribution in [2.75, 3.05) is 53.4 Å². The van der Waals surface area contributed by atoms with Crippen molar-refractivity contribution in [3.8, 4) is 0 Å². The SMILES string of the molecule is CN=C(NC)NCCCCN1CCN(Cc2ccccc2)CC1. The molecule has 1 aliphatic rings. The predicted molar refractivity (Wildman–Crippen MR) is 97.8 cm³/mol. The summed E-state index contributed by atoms with van der Waals surface area (Å²) in [5.74, 6) is 0.875. The van der Waals surface area contributed by atoms with E-state index in [0.29, 0.717) is 0 Å². The Morgan fingerprint density at radius 1 is 1.04 bits per heavy atom. The van der Waals surface area contributed by atoms with Crippen LogP contribution in [0.2, 0.25) is 0 Å². The lowest BCUT2D eigenvalue weighted by Gasteiger charge is -2.34. The molecule has 5 nitrogen and oxygen atoms in total. The van der Waals surface area contributed by atoms with Crippen molar-refractivity contribution in [2.24, 2.45) is 4.99 Å². The third kappa shape index (κ3) is 6.59. The highest BCUT2D eigenvalue weighted by atomic mass is 15.3. The first-order valence-corrected chi connectivity index (χ1v) is 8.69. The Kier molecular flexibility index (Phi) is 7.90. The van der Waals surface area contributed by atoms with Crippen molar-refractivity contribution in [1.29, 1.82) is 0 Å². The topological polar surface area (TPSA) is 42.9 Å². The first-order valence-electron chi connectivity index (χ1n) is 8.69. The lowest BCUT2D eigenvalue weighted by atomic mass is 10.2. The molecule has 1 saturated heterocycles. The summed E-state index contributed by atoms with van der Waals surface area (Å²) in [5, 5.41) is 6.34. The van der Waals surface area contributed by atoms with Gasteiger partial charge in [0.15, 0.2) is 5.96 Å². The van der Waals surface area contributed by atoms with Gasteiger partial charge in [-0.2, -0.15) is 0 Å². The van der Waals surface area contributed by atoms with E-state index in [1.165, 1.54) is 51.1 Å². The quantitative estimate of drug-likeness (QED) is 0.453. The molecule has 0 bridgehead atoms. The van der Waals surface area contributed by atoms with Gasteiger partial charge in [-0.25, -0.2) is 0 Å². The molecule has 1 aromatic carbocycles. The average Bonchev–Trinajstić information content (AvgIpc) is 2.60. The molecule has 1 aliphatic heterocycles. The third-order valence-electron chi connectivity index (χ3n) is 4.37. The van der Waals surface area contributed by atoms with Gasteiger partial charge in [-0.3, -0.25) is 9.89 Å². The van der Waals surface area contributed by atoms with Crippen molar-refractivity contribution in [1.82, 2.24) is 20.4 Å². The van der Waals surface area contributed by atoms with Crippen LogP contribution in [0, 0.1) is 0 Å². The van der Waals surface area contributed by atoms with Crippen LogP contribution in [-0.4, -0.2) is 69.1 Å². The molecule has 5 heteroatoms. The summed E-state index contributed by atoms with van der Waals surface area (Å²) >= 11 is 0. The molecule has 0 aromatic heterocycles. The summed E-state index contributed by atoms with van der Waals surface area (Å²) in [6.45, 7) is 8.03. The fraction of sp³-hybridized carbons (Fsp3) is 0.611. The van der Waals surface area contributed by atoms with E-state index in [4.69, 9.17) is 0 Å². The monoisotopic (exact) mass is 317 g/mol. The first kappa shape index (κ1) is 17.8. The molecule has 0 spiro atoms. The Labute approximate surface area is 140 Å². The Bertz CT molecular complexity index is 452. The van der Waals surface area contributed by atoms with Gasteiger partial charge in [-0.15, -0.1) is 0 Å². The van der Waals surface area contributed by atoms with Crippen LogP contribution in [0.15, 0.2) is 35.3 Å². The smallest absolute Gasteiger partial charge is 0.190 e. The van der Waals surface area contributed by atoms with Crippen LogP contribution >= 0.6 is 0 Å². The van der Waals surface area contributed by atoms with E-state index < -0.39 is 0 Å². The zero-order valence-electron chi connectivity index (χ0n) is 14.6. The molecule has 1 fully saturated rings. The predicted octanol–water partition coefficient (Wildman–Crippen LogP) is 1.38. The van der Waals surface area contributed by atoms with Crippen LogP contribution < -0.4 is 10.6 Å². The largest absolute Gasteiger partial charge is 0.359 e. The zero-order chi connectivity index (χ0) is 16.3. The number of aliphatic imine (C=N–C) groups is 1. The van der Waals surface area contributed by atoms with Crippen LogP contribution in [0.1, 0.15) is 18.4 Å². The molecule has 0 aliphatic carbocycles. The molecule has 23 heavy (non-hydrogen) atoms. The lowest BCUT2D eigenvalue weighted by Crippen LogP contribution is -2.46. The summed E-state index contributed by atoms with van der Waals surface area (Å²) in [5.41, 5.74) is 1.42. The molecule has 0 saturated carbocycles. The summed E-state index contributed by atoms with van der Waals surface area (Å²) in [6, 6.07) is 10.8. The van der Waals surface area contributed by atoms with E-state index in [1.54, 1.807) is 7.05 Å². The summed E-state index contributed by atoms with van der Waals surface area (Å²) < 4.78 is 0. The molecule has 0 unspecified atom stereocenters. The second kappa shape index (κ2) is 10.2. The number of hydrogen-bond acceptors (Lipinski definition) is 3. The maximum Gasteiger partial charge on any atom is 0.190 e. The molecule has 0 radical (unpaired) electrons. The highest BCUT2D eigenvalue weighted by Gasteiger charge is 2.16. The zero-order valence-corrected chi connectivity index (χ0v) is 14.6. The van der Waals surface area contributed by atoms with E-state index in [2.05, 4.69) is 55.8 Å². The van der Waals surface area contributed by atoms with Gasteiger partial charge in [0.2, 0.25) is 0 Å². The number of benzene rings is 1. The Balaban J connectivity index is 1.55. The molecule has 0 amide bonds. The van der Waals surface area contributed by atoms with Crippen LogP contribution in [0.4, 0.5) is 0 Å².